The lowest BCUT2D eigenvalue weighted by molar-refractivity contribution is 0.804. The summed E-state index contributed by atoms with van der Waals surface area (Å²) in [5, 5.41) is 1.19. The zero-order chi connectivity index (χ0) is 8.55. The molecule has 62 valence electrons. The van der Waals surface area contributed by atoms with E-state index in [-0.39, 0.29) is 6.04 Å². The second-order valence-corrected chi connectivity index (χ2v) is 3.66. The molecule has 0 radical (unpaired) electrons. The van der Waals surface area contributed by atoms with E-state index < -0.39 is 0 Å². The number of hydrogen-bond acceptors (Lipinski definition) is 3. The molecule has 0 aliphatic heterocycles. The summed E-state index contributed by atoms with van der Waals surface area (Å²) in [6.07, 6.45) is 0. The minimum absolute atomic E-state index is 0.0288. The first-order valence-electron chi connectivity index (χ1n) is 3.89. The van der Waals surface area contributed by atoms with Gasteiger partial charge in [0.2, 0.25) is 0 Å². The SMILES string of the molecule is CC(N)c1nsc2ccccc12. The molecule has 3 heteroatoms. The van der Waals surface area contributed by atoms with Crippen molar-refractivity contribution in [2.45, 2.75) is 13.0 Å². The molecule has 2 aromatic rings. The molecule has 1 aromatic carbocycles. The van der Waals surface area contributed by atoms with E-state index >= 15 is 0 Å². The van der Waals surface area contributed by atoms with E-state index in [9.17, 15) is 0 Å². The van der Waals surface area contributed by atoms with Gasteiger partial charge in [0.25, 0.3) is 0 Å². The van der Waals surface area contributed by atoms with Gasteiger partial charge < -0.3 is 5.73 Å². The number of nitrogens with zero attached hydrogens (tertiary/aromatic N) is 1. The van der Waals surface area contributed by atoms with E-state index in [1.165, 1.54) is 21.6 Å². The Bertz CT molecular complexity index is 392. The standard InChI is InChI=1S/C9H10N2S/c1-6(10)9-7-4-2-3-5-8(7)12-11-9/h2-6H,10H2,1H3. The van der Waals surface area contributed by atoms with Gasteiger partial charge in [-0.2, -0.15) is 4.37 Å². The molecule has 2 nitrogen and oxygen atoms in total. The highest BCUT2D eigenvalue weighted by Gasteiger charge is 2.07. The number of benzene rings is 1. The largest absolute Gasteiger partial charge is 0.323 e. The average Bonchev–Trinajstić information content (AvgIpc) is 2.47. The Labute approximate surface area is 75.2 Å². The fourth-order valence-corrected chi connectivity index (χ4v) is 2.11. The second-order valence-electron chi connectivity index (χ2n) is 2.85. The monoisotopic (exact) mass is 178 g/mol. The molecule has 12 heavy (non-hydrogen) atoms. The summed E-state index contributed by atoms with van der Waals surface area (Å²) in [6, 6.07) is 8.20. The molecule has 1 unspecified atom stereocenters. The van der Waals surface area contributed by atoms with Crippen LogP contribution in [0.4, 0.5) is 0 Å². The average molecular weight is 178 g/mol. The topological polar surface area (TPSA) is 38.9 Å². The summed E-state index contributed by atoms with van der Waals surface area (Å²) in [7, 11) is 0. The Morgan fingerprint density at radius 2 is 2.17 bits per heavy atom. The van der Waals surface area contributed by atoms with Crippen LogP contribution in [-0.2, 0) is 0 Å². The molecule has 0 spiro atoms. The highest BCUT2D eigenvalue weighted by molar-refractivity contribution is 7.13. The van der Waals surface area contributed by atoms with E-state index in [0.717, 1.165) is 5.69 Å². The van der Waals surface area contributed by atoms with Crippen LogP contribution < -0.4 is 5.73 Å². The van der Waals surface area contributed by atoms with Crippen molar-refractivity contribution < 1.29 is 0 Å². The molecular formula is C9H10N2S. The third-order valence-corrected chi connectivity index (χ3v) is 2.68. The smallest absolute Gasteiger partial charge is 0.0785 e. The quantitative estimate of drug-likeness (QED) is 0.727. The Hall–Kier alpha value is -0.930. The van der Waals surface area contributed by atoms with Gasteiger partial charge in [-0.25, -0.2) is 0 Å². The van der Waals surface area contributed by atoms with E-state index in [1.807, 2.05) is 19.1 Å². The summed E-state index contributed by atoms with van der Waals surface area (Å²) in [5.74, 6) is 0. The molecule has 0 saturated heterocycles. The van der Waals surface area contributed by atoms with Crippen molar-refractivity contribution in [1.29, 1.82) is 0 Å². The first-order chi connectivity index (χ1) is 5.79. The van der Waals surface area contributed by atoms with Crippen LogP contribution in [-0.4, -0.2) is 4.37 Å². The Morgan fingerprint density at radius 1 is 1.42 bits per heavy atom. The van der Waals surface area contributed by atoms with Gasteiger partial charge in [-0.05, 0) is 24.5 Å². The molecule has 1 aromatic heterocycles. The molecular weight excluding hydrogens is 168 g/mol. The predicted octanol–water partition coefficient (Wildman–Crippen LogP) is 2.32. The van der Waals surface area contributed by atoms with Gasteiger partial charge in [0, 0.05) is 11.4 Å². The zero-order valence-corrected chi connectivity index (χ0v) is 7.64. The minimum Gasteiger partial charge on any atom is -0.323 e. The second kappa shape index (κ2) is 2.84. The number of aromatic nitrogens is 1. The van der Waals surface area contributed by atoms with Gasteiger partial charge in [-0.15, -0.1) is 0 Å². The number of rotatable bonds is 1. The normalized spacial score (nSPS) is 13.5. The van der Waals surface area contributed by atoms with Crippen LogP contribution in [0.1, 0.15) is 18.7 Å². The third-order valence-electron chi connectivity index (χ3n) is 1.84. The van der Waals surface area contributed by atoms with Gasteiger partial charge in [-0.3, -0.25) is 0 Å². The molecule has 0 amide bonds. The van der Waals surface area contributed by atoms with E-state index in [1.54, 1.807) is 0 Å². The fourth-order valence-electron chi connectivity index (χ4n) is 1.23. The first kappa shape index (κ1) is 7.71. The maximum Gasteiger partial charge on any atom is 0.0785 e. The molecule has 2 N–H and O–H groups in total. The molecule has 0 saturated carbocycles. The van der Waals surface area contributed by atoms with Crippen molar-refractivity contribution >= 4 is 21.6 Å². The molecule has 2 rings (SSSR count). The van der Waals surface area contributed by atoms with Crippen LogP contribution in [0.25, 0.3) is 10.1 Å². The lowest BCUT2D eigenvalue weighted by Crippen LogP contribution is -2.05. The van der Waals surface area contributed by atoms with Gasteiger partial charge in [0.05, 0.1) is 10.4 Å². The number of hydrogen-bond donors (Lipinski definition) is 1. The van der Waals surface area contributed by atoms with E-state index in [2.05, 4.69) is 16.5 Å². The minimum atomic E-state index is 0.0288. The van der Waals surface area contributed by atoms with Crippen LogP contribution in [0.2, 0.25) is 0 Å². The lowest BCUT2D eigenvalue weighted by atomic mass is 10.1. The Kier molecular flexibility index (Phi) is 1.83. The van der Waals surface area contributed by atoms with Gasteiger partial charge in [0.15, 0.2) is 0 Å². The Balaban J connectivity index is 2.70. The molecule has 1 heterocycles. The fraction of sp³-hybridized carbons (Fsp3) is 0.222. The molecule has 1 atom stereocenters. The number of fused-ring (bicyclic) bond motifs is 1. The highest BCUT2D eigenvalue weighted by Crippen LogP contribution is 2.25. The molecule has 0 aliphatic rings. The molecule has 0 bridgehead atoms. The summed E-state index contributed by atoms with van der Waals surface area (Å²) < 4.78 is 5.52. The van der Waals surface area contributed by atoms with Crippen molar-refractivity contribution in [1.82, 2.24) is 4.37 Å². The van der Waals surface area contributed by atoms with Crippen LogP contribution in [0, 0.1) is 0 Å². The summed E-state index contributed by atoms with van der Waals surface area (Å²) in [4.78, 5) is 0. The van der Waals surface area contributed by atoms with E-state index in [0.29, 0.717) is 0 Å². The van der Waals surface area contributed by atoms with E-state index in [4.69, 9.17) is 5.73 Å². The van der Waals surface area contributed by atoms with Gasteiger partial charge in [0.1, 0.15) is 0 Å². The van der Waals surface area contributed by atoms with Crippen molar-refractivity contribution in [2.75, 3.05) is 0 Å². The highest BCUT2D eigenvalue weighted by atomic mass is 32.1. The lowest BCUT2D eigenvalue weighted by Gasteiger charge is -1.99. The maximum atomic E-state index is 5.77. The Morgan fingerprint density at radius 3 is 2.92 bits per heavy atom. The van der Waals surface area contributed by atoms with Crippen LogP contribution in [0.5, 0.6) is 0 Å². The number of nitrogens with two attached hydrogens (primary N) is 1. The van der Waals surface area contributed by atoms with Crippen molar-refractivity contribution in [3.63, 3.8) is 0 Å². The molecule has 0 aliphatic carbocycles. The predicted molar refractivity (Wildman–Crippen MR) is 52.2 cm³/mol. The maximum absolute atomic E-state index is 5.77. The van der Waals surface area contributed by atoms with Crippen molar-refractivity contribution in [3.05, 3.63) is 30.0 Å². The van der Waals surface area contributed by atoms with Crippen molar-refractivity contribution in [2.24, 2.45) is 5.73 Å². The van der Waals surface area contributed by atoms with Crippen LogP contribution in [0.3, 0.4) is 0 Å². The third kappa shape index (κ3) is 1.11. The summed E-state index contributed by atoms with van der Waals surface area (Å²) >= 11 is 1.51. The van der Waals surface area contributed by atoms with Gasteiger partial charge in [-0.1, -0.05) is 18.2 Å². The summed E-state index contributed by atoms with van der Waals surface area (Å²) in [5.41, 5.74) is 6.78. The van der Waals surface area contributed by atoms with Crippen molar-refractivity contribution in [3.8, 4) is 0 Å². The summed E-state index contributed by atoms with van der Waals surface area (Å²) in [6.45, 7) is 1.96. The zero-order valence-electron chi connectivity index (χ0n) is 6.82. The van der Waals surface area contributed by atoms with Crippen LogP contribution in [0.15, 0.2) is 24.3 Å². The van der Waals surface area contributed by atoms with Crippen LogP contribution >= 0.6 is 11.5 Å². The van der Waals surface area contributed by atoms with Gasteiger partial charge >= 0.3 is 0 Å². The molecule has 0 fully saturated rings. The first-order valence-corrected chi connectivity index (χ1v) is 4.66.